The van der Waals surface area contributed by atoms with Crippen LogP contribution in [-0.2, 0) is 12.8 Å². The van der Waals surface area contributed by atoms with Gasteiger partial charge in [0, 0.05) is 11.1 Å². The first kappa shape index (κ1) is 16.5. The minimum absolute atomic E-state index is 0.217. The molecule has 1 N–H and O–H groups in total. The summed E-state index contributed by atoms with van der Waals surface area (Å²) < 4.78 is 11.4. The number of nitrogens with one attached hydrogen (secondary N) is 1. The maximum absolute atomic E-state index is 5.96. The summed E-state index contributed by atoms with van der Waals surface area (Å²) in [5, 5.41) is 4.35. The molecule has 126 valence electrons. The van der Waals surface area contributed by atoms with Crippen LogP contribution in [0.15, 0.2) is 47.0 Å². The standard InChI is InChI=1S/C20H24N2O2/c1-4-23-18-10-9-17(22-13-18)8-6-15-5-7-16-12-19(14(2)21-3)24-20(16)11-15/h5,7,9-14,21H,4,6,8H2,1-3H3. The molecule has 3 rings (SSSR count). The van der Waals surface area contributed by atoms with Gasteiger partial charge in [-0.25, -0.2) is 0 Å². The molecule has 0 saturated heterocycles. The first-order valence-electron chi connectivity index (χ1n) is 8.47. The van der Waals surface area contributed by atoms with E-state index < -0.39 is 0 Å². The molecule has 2 aromatic heterocycles. The van der Waals surface area contributed by atoms with Crippen LogP contribution >= 0.6 is 0 Å². The van der Waals surface area contributed by atoms with E-state index in [1.807, 2.05) is 26.1 Å². The van der Waals surface area contributed by atoms with Gasteiger partial charge in [0.15, 0.2) is 0 Å². The van der Waals surface area contributed by atoms with Gasteiger partial charge < -0.3 is 14.5 Å². The molecule has 1 atom stereocenters. The van der Waals surface area contributed by atoms with Gasteiger partial charge in [0.05, 0.1) is 18.8 Å². The van der Waals surface area contributed by atoms with Crippen molar-refractivity contribution in [1.29, 1.82) is 0 Å². The minimum atomic E-state index is 0.217. The van der Waals surface area contributed by atoms with Gasteiger partial charge in [-0.1, -0.05) is 12.1 Å². The van der Waals surface area contributed by atoms with Crippen molar-refractivity contribution in [3.05, 3.63) is 59.6 Å². The minimum Gasteiger partial charge on any atom is -0.492 e. The lowest BCUT2D eigenvalue weighted by molar-refractivity contribution is 0.338. The Labute approximate surface area is 142 Å². The molecule has 0 bridgehead atoms. The van der Waals surface area contributed by atoms with E-state index in [1.54, 1.807) is 6.20 Å². The van der Waals surface area contributed by atoms with Crippen molar-refractivity contribution in [1.82, 2.24) is 10.3 Å². The number of hydrogen-bond acceptors (Lipinski definition) is 4. The molecule has 0 fully saturated rings. The molecule has 0 amide bonds. The summed E-state index contributed by atoms with van der Waals surface area (Å²) in [6.07, 6.45) is 3.63. The van der Waals surface area contributed by atoms with Crippen LogP contribution in [0.3, 0.4) is 0 Å². The molecule has 0 aliphatic rings. The van der Waals surface area contributed by atoms with E-state index in [0.717, 1.165) is 41.0 Å². The highest BCUT2D eigenvalue weighted by Crippen LogP contribution is 2.25. The highest BCUT2D eigenvalue weighted by Gasteiger charge is 2.10. The van der Waals surface area contributed by atoms with Gasteiger partial charge in [-0.15, -0.1) is 0 Å². The number of fused-ring (bicyclic) bond motifs is 1. The Balaban J connectivity index is 1.68. The largest absolute Gasteiger partial charge is 0.492 e. The third kappa shape index (κ3) is 3.77. The first-order chi connectivity index (χ1) is 11.7. The highest BCUT2D eigenvalue weighted by atomic mass is 16.5. The van der Waals surface area contributed by atoms with Gasteiger partial charge in [-0.3, -0.25) is 4.98 Å². The van der Waals surface area contributed by atoms with Crippen molar-refractivity contribution in [3.63, 3.8) is 0 Å². The lowest BCUT2D eigenvalue weighted by atomic mass is 10.1. The van der Waals surface area contributed by atoms with Crippen molar-refractivity contribution in [3.8, 4) is 5.75 Å². The molecule has 1 aromatic carbocycles. The van der Waals surface area contributed by atoms with E-state index in [1.165, 1.54) is 5.56 Å². The SMILES string of the molecule is CCOc1ccc(CCc2ccc3cc(C(C)NC)oc3c2)nc1. The van der Waals surface area contributed by atoms with Crippen LogP contribution in [0, 0.1) is 0 Å². The van der Waals surface area contributed by atoms with Crippen LogP contribution < -0.4 is 10.1 Å². The van der Waals surface area contributed by atoms with Gasteiger partial charge in [0.25, 0.3) is 0 Å². The van der Waals surface area contributed by atoms with Crippen molar-refractivity contribution in [2.75, 3.05) is 13.7 Å². The van der Waals surface area contributed by atoms with Crippen LogP contribution in [0.2, 0.25) is 0 Å². The summed E-state index contributed by atoms with van der Waals surface area (Å²) in [5.74, 6) is 1.79. The number of pyridine rings is 1. The van der Waals surface area contributed by atoms with Crippen molar-refractivity contribution >= 4 is 11.0 Å². The fourth-order valence-corrected chi connectivity index (χ4v) is 2.69. The van der Waals surface area contributed by atoms with Crippen LogP contribution in [-0.4, -0.2) is 18.6 Å². The molecular weight excluding hydrogens is 300 g/mol. The number of ether oxygens (including phenoxy) is 1. The Hall–Kier alpha value is -2.33. The van der Waals surface area contributed by atoms with E-state index in [4.69, 9.17) is 9.15 Å². The van der Waals surface area contributed by atoms with Crippen molar-refractivity contribution in [2.24, 2.45) is 0 Å². The maximum atomic E-state index is 5.96. The maximum Gasteiger partial charge on any atom is 0.137 e. The summed E-state index contributed by atoms with van der Waals surface area (Å²) in [6, 6.07) is 12.8. The number of benzene rings is 1. The monoisotopic (exact) mass is 324 g/mol. The predicted molar refractivity (Wildman–Crippen MR) is 96.5 cm³/mol. The van der Waals surface area contributed by atoms with Gasteiger partial charge in [0.2, 0.25) is 0 Å². The van der Waals surface area contributed by atoms with Gasteiger partial charge in [0.1, 0.15) is 17.1 Å². The van der Waals surface area contributed by atoms with Gasteiger partial charge in [-0.05, 0) is 63.6 Å². The summed E-state index contributed by atoms with van der Waals surface area (Å²) in [6.45, 7) is 4.73. The van der Waals surface area contributed by atoms with Crippen LogP contribution in [0.4, 0.5) is 0 Å². The number of aryl methyl sites for hydroxylation is 2. The molecule has 4 nitrogen and oxygen atoms in total. The Morgan fingerprint density at radius 3 is 2.75 bits per heavy atom. The van der Waals surface area contributed by atoms with Crippen LogP contribution in [0.25, 0.3) is 11.0 Å². The number of nitrogens with zero attached hydrogens (tertiary/aromatic N) is 1. The second-order valence-electron chi connectivity index (χ2n) is 5.95. The fourth-order valence-electron chi connectivity index (χ4n) is 2.69. The average Bonchev–Trinajstić information content (AvgIpc) is 3.04. The van der Waals surface area contributed by atoms with E-state index in [2.05, 4.69) is 41.5 Å². The van der Waals surface area contributed by atoms with Gasteiger partial charge in [-0.2, -0.15) is 0 Å². The highest BCUT2D eigenvalue weighted by molar-refractivity contribution is 5.78. The van der Waals surface area contributed by atoms with Crippen LogP contribution in [0.1, 0.15) is 36.9 Å². The first-order valence-corrected chi connectivity index (χ1v) is 8.47. The van der Waals surface area contributed by atoms with E-state index in [-0.39, 0.29) is 6.04 Å². The molecule has 3 aromatic rings. The zero-order valence-corrected chi connectivity index (χ0v) is 14.5. The second kappa shape index (κ2) is 7.49. The predicted octanol–water partition coefficient (Wildman–Crippen LogP) is 4.29. The number of rotatable bonds is 7. The molecule has 0 aliphatic carbocycles. The third-order valence-electron chi connectivity index (χ3n) is 4.24. The molecule has 2 heterocycles. The Bertz CT molecular complexity index is 793. The molecule has 0 radical (unpaired) electrons. The Morgan fingerprint density at radius 1 is 1.17 bits per heavy atom. The van der Waals surface area contributed by atoms with Crippen molar-refractivity contribution < 1.29 is 9.15 Å². The third-order valence-corrected chi connectivity index (χ3v) is 4.24. The molecule has 0 saturated carbocycles. The normalized spacial score (nSPS) is 12.5. The summed E-state index contributed by atoms with van der Waals surface area (Å²) in [4.78, 5) is 4.46. The molecule has 4 heteroatoms. The number of aromatic nitrogens is 1. The second-order valence-corrected chi connectivity index (χ2v) is 5.95. The molecule has 1 unspecified atom stereocenters. The lowest BCUT2D eigenvalue weighted by Gasteiger charge is -2.05. The van der Waals surface area contributed by atoms with E-state index in [9.17, 15) is 0 Å². The summed E-state index contributed by atoms with van der Waals surface area (Å²) in [5.41, 5.74) is 3.28. The molecule has 0 spiro atoms. The molecule has 0 aliphatic heterocycles. The number of hydrogen-bond donors (Lipinski definition) is 1. The molecular formula is C20H24N2O2. The number of furan rings is 1. The Kier molecular flexibility index (Phi) is 5.16. The van der Waals surface area contributed by atoms with Crippen molar-refractivity contribution in [2.45, 2.75) is 32.7 Å². The Morgan fingerprint density at radius 2 is 2.04 bits per heavy atom. The zero-order valence-electron chi connectivity index (χ0n) is 14.5. The zero-order chi connectivity index (χ0) is 16.9. The van der Waals surface area contributed by atoms with E-state index in [0.29, 0.717) is 6.61 Å². The fraction of sp³-hybridized carbons (Fsp3) is 0.350. The summed E-state index contributed by atoms with van der Waals surface area (Å²) in [7, 11) is 1.94. The van der Waals surface area contributed by atoms with Gasteiger partial charge >= 0.3 is 0 Å². The van der Waals surface area contributed by atoms with Crippen LogP contribution in [0.5, 0.6) is 5.75 Å². The smallest absolute Gasteiger partial charge is 0.137 e. The molecule has 24 heavy (non-hydrogen) atoms. The average molecular weight is 324 g/mol. The topological polar surface area (TPSA) is 47.3 Å². The van der Waals surface area contributed by atoms with E-state index >= 15 is 0 Å². The lowest BCUT2D eigenvalue weighted by Crippen LogP contribution is -2.10. The quantitative estimate of drug-likeness (QED) is 0.704. The summed E-state index contributed by atoms with van der Waals surface area (Å²) >= 11 is 0.